The summed E-state index contributed by atoms with van der Waals surface area (Å²) in [6, 6.07) is 5.65. The van der Waals surface area contributed by atoms with Gasteiger partial charge in [-0.1, -0.05) is 6.07 Å². The molecule has 19 heavy (non-hydrogen) atoms. The topological polar surface area (TPSA) is 63.7 Å². The molecule has 1 aromatic rings. The number of methoxy groups -OCH3 is 1. The molecule has 1 aromatic heterocycles. The molecule has 1 aliphatic rings. The summed E-state index contributed by atoms with van der Waals surface area (Å²) < 4.78 is 5.07. The minimum atomic E-state index is 0. The van der Waals surface area contributed by atoms with Crippen molar-refractivity contribution < 1.29 is 4.74 Å². The second kappa shape index (κ2) is 8.47. The summed E-state index contributed by atoms with van der Waals surface area (Å²) in [6.45, 7) is 2.45. The summed E-state index contributed by atoms with van der Waals surface area (Å²) in [7, 11) is 1.61. The van der Waals surface area contributed by atoms with Gasteiger partial charge in [0.1, 0.15) is 0 Å². The molecular weight excluding hydrogens is 375 g/mol. The van der Waals surface area contributed by atoms with Crippen LogP contribution in [-0.4, -0.2) is 47.5 Å². The molecule has 0 atom stereocenters. The van der Waals surface area contributed by atoms with Crippen molar-refractivity contribution in [2.45, 2.75) is 6.54 Å². The predicted octanol–water partition coefficient (Wildman–Crippen LogP) is 1.57. The Morgan fingerprint density at radius 2 is 2.21 bits per heavy atom. The Kier molecular flexibility index (Phi) is 7.29. The number of thioether (sulfide) groups is 1. The first-order chi connectivity index (χ1) is 8.79. The first kappa shape index (κ1) is 16.4. The van der Waals surface area contributed by atoms with E-state index in [9.17, 15) is 0 Å². The lowest BCUT2D eigenvalue weighted by molar-refractivity contribution is 0.396. The van der Waals surface area contributed by atoms with Gasteiger partial charge in [-0.2, -0.15) is 11.8 Å². The van der Waals surface area contributed by atoms with Crippen LogP contribution in [0.4, 0.5) is 0 Å². The first-order valence-electron chi connectivity index (χ1n) is 5.92. The lowest BCUT2D eigenvalue weighted by atomic mass is 10.3. The average molecular weight is 394 g/mol. The fraction of sp³-hybridized carbons (Fsp3) is 0.500. The number of hydrogen-bond donors (Lipinski definition) is 1. The molecule has 2 heterocycles. The highest BCUT2D eigenvalue weighted by atomic mass is 127. The molecule has 0 aliphatic carbocycles. The number of rotatable bonds is 3. The van der Waals surface area contributed by atoms with Crippen LogP contribution in [0.2, 0.25) is 0 Å². The van der Waals surface area contributed by atoms with E-state index in [4.69, 9.17) is 10.5 Å². The third kappa shape index (κ3) is 5.06. The van der Waals surface area contributed by atoms with Gasteiger partial charge in [-0.3, -0.25) is 0 Å². The summed E-state index contributed by atoms with van der Waals surface area (Å²) in [4.78, 5) is 10.8. The van der Waals surface area contributed by atoms with Crippen LogP contribution in [0.5, 0.6) is 5.88 Å². The van der Waals surface area contributed by atoms with Crippen molar-refractivity contribution in [1.29, 1.82) is 0 Å². The predicted molar refractivity (Wildman–Crippen MR) is 90.4 cm³/mol. The van der Waals surface area contributed by atoms with Crippen LogP contribution in [0.3, 0.4) is 0 Å². The fourth-order valence-corrected chi connectivity index (χ4v) is 2.62. The number of aromatic nitrogens is 1. The van der Waals surface area contributed by atoms with Gasteiger partial charge in [0.2, 0.25) is 5.88 Å². The minimum absolute atomic E-state index is 0. The van der Waals surface area contributed by atoms with Crippen molar-refractivity contribution in [3.63, 3.8) is 0 Å². The number of nitrogens with two attached hydrogens (primary N) is 1. The monoisotopic (exact) mass is 394 g/mol. The van der Waals surface area contributed by atoms with Gasteiger partial charge >= 0.3 is 0 Å². The Balaban J connectivity index is 0.00000180. The van der Waals surface area contributed by atoms with Crippen LogP contribution in [0.25, 0.3) is 0 Å². The van der Waals surface area contributed by atoms with Gasteiger partial charge in [0.25, 0.3) is 0 Å². The summed E-state index contributed by atoms with van der Waals surface area (Å²) in [5.41, 5.74) is 6.84. The largest absolute Gasteiger partial charge is 0.481 e. The van der Waals surface area contributed by atoms with Crippen LogP contribution < -0.4 is 10.5 Å². The van der Waals surface area contributed by atoms with E-state index in [0.717, 1.165) is 30.3 Å². The van der Waals surface area contributed by atoms with E-state index in [-0.39, 0.29) is 24.0 Å². The molecule has 7 heteroatoms. The lowest BCUT2D eigenvalue weighted by Crippen LogP contribution is -2.42. The zero-order chi connectivity index (χ0) is 12.8. The standard InChI is InChI=1S/C12H18N4OS.HI/c1-17-11-4-2-3-10(15-11)9-14-12(13)16-5-7-18-8-6-16;/h2-4H,5-9H2,1H3,(H2,13,14);1H. The van der Waals surface area contributed by atoms with Gasteiger partial charge in [0.15, 0.2) is 5.96 Å². The van der Waals surface area contributed by atoms with Gasteiger partial charge in [-0.15, -0.1) is 24.0 Å². The maximum atomic E-state index is 5.97. The number of halogens is 1. The third-order valence-corrected chi connectivity index (χ3v) is 3.67. The van der Waals surface area contributed by atoms with Gasteiger partial charge in [0.05, 0.1) is 19.3 Å². The van der Waals surface area contributed by atoms with Crippen molar-refractivity contribution in [3.05, 3.63) is 23.9 Å². The van der Waals surface area contributed by atoms with E-state index in [1.54, 1.807) is 7.11 Å². The van der Waals surface area contributed by atoms with E-state index in [2.05, 4.69) is 14.9 Å². The number of hydrogen-bond acceptors (Lipinski definition) is 4. The molecule has 2 rings (SSSR count). The quantitative estimate of drug-likeness (QED) is 0.479. The van der Waals surface area contributed by atoms with Crippen LogP contribution >= 0.6 is 35.7 Å². The number of nitrogens with zero attached hydrogens (tertiary/aromatic N) is 3. The second-order valence-corrected chi connectivity index (χ2v) is 5.17. The Morgan fingerprint density at radius 3 is 2.89 bits per heavy atom. The highest BCUT2D eigenvalue weighted by Crippen LogP contribution is 2.10. The summed E-state index contributed by atoms with van der Waals surface area (Å²) >= 11 is 1.95. The maximum Gasteiger partial charge on any atom is 0.213 e. The number of pyridine rings is 1. The molecule has 0 aromatic carbocycles. The number of ether oxygens (including phenoxy) is 1. The van der Waals surface area contributed by atoms with Gasteiger partial charge in [0, 0.05) is 30.7 Å². The summed E-state index contributed by atoms with van der Waals surface area (Å²) in [5.74, 6) is 3.46. The third-order valence-electron chi connectivity index (χ3n) is 2.73. The Morgan fingerprint density at radius 1 is 1.47 bits per heavy atom. The van der Waals surface area contributed by atoms with Crippen molar-refractivity contribution in [2.75, 3.05) is 31.7 Å². The number of aliphatic imine (C=N–C) groups is 1. The van der Waals surface area contributed by atoms with Gasteiger partial charge in [-0.05, 0) is 6.07 Å². The Labute approximate surface area is 135 Å². The zero-order valence-electron chi connectivity index (χ0n) is 10.9. The molecule has 0 spiro atoms. The Hall–Kier alpha value is -0.700. The number of guanidine groups is 1. The first-order valence-corrected chi connectivity index (χ1v) is 7.07. The summed E-state index contributed by atoms with van der Waals surface area (Å²) in [6.07, 6.45) is 0. The molecule has 0 radical (unpaired) electrons. The molecule has 0 bridgehead atoms. The van der Waals surface area contributed by atoms with Gasteiger partial charge < -0.3 is 15.4 Å². The molecule has 1 aliphatic heterocycles. The molecule has 0 amide bonds. The van der Waals surface area contributed by atoms with E-state index < -0.39 is 0 Å². The highest BCUT2D eigenvalue weighted by Gasteiger charge is 2.11. The molecule has 2 N–H and O–H groups in total. The van der Waals surface area contributed by atoms with Crippen molar-refractivity contribution in [2.24, 2.45) is 10.7 Å². The van der Waals surface area contributed by atoms with E-state index in [1.807, 2.05) is 30.0 Å². The van der Waals surface area contributed by atoms with Crippen molar-refractivity contribution in [1.82, 2.24) is 9.88 Å². The van der Waals surface area contributed by atoms with Crippen LogP contribution in [0, 0.1) is 0 Å². The average Bonchev–Trinajstić information content (AvgIpc) is 2.46. The van der Waals surface area contributed by atoms with Crippen LogP contribution in [-0.2, 0) is 6.54 Å². The molecule has 1 fully saturated rings. The molecule has 5 nitrogen and oxygen atoms in total. The van der Waals surface area contributed by atoms with Crippen molar-refractivity contribution >= 4 is 41.7 Å². The van der Waals surface area contributed by atoms with Crippen molar-refractivity contribution in [3.8, 4) is 5.88 Å². The smallest absolute Gasteiger partial charge is 0.213 e. The summed E-state index contributed by atoms with van der Waals surface area (Å²) in [5, 5.41) is 0. The molecule has 1 saturated heterocycles. The lowest BCUT2D eigenvalue weighted by Gasteiger charge is -2.27. The molecule has 106 valence electrons. The Bertz CT molecular complexity index is 424. The molecule has 0 unspecified atom stereocenters. The van der Waals surface area contributed by atoms with Gasteiger partial charge in [-0.25, -0.2) is 9.98 Å². The van der Waals surface area contributed by atoms with E-state index >= 15 is 0 Å². The normalized spacial score (nSPS) is 15.8. The second-order valence-electron chi connectivity index (χ2n) is 3.95. The van der Waals surface area contributed by atoms with E-state index in [1.165, 1.54) is 0 Å². The fourth-order valence-electron chi connectivity index (χ4n) is 1.71. The highest BCUT2D eigenvalue weighted by molar-refractivity contribution is 14.0. The van der Waals surface area contributed by atoms with Crippen LogP contribution in [0.1, 0.15) is 5.69 Å². The molecule has 0 saturated carbocycles. The zero-order valence-corrected chi connectivity index (χ0v) is 14.1. The van der Waals surface area contributed by atoms with E-state index in [0.29, 0.717) is 18.4 Å². The molecular formula is C12H19IN4OS. The SMILES string of the molecule is COc1cccc(CN=C(N)N2CCSCC2)n1.I. The van der Waals surface area contributed by atoms with Crippen LogP contribution in [0.15, 0.2) is 23.2 Å². The maximum absolute atomic E-state index is 5.97. The minimum Gasteiger partial charge on any atom is -0.481 e.